The van der Waals surface area contributed by atoms with Gasteiger partial charge in [0, 0.05) is 46.3 Å². The Labute approximate surface area is 241 Å². The molecule has 0 saturated carbocycles. The Morgan fingerprint density at radius 2 is 1.68 bits per heavy atom. The summed E-state index contributed by atoms with van der Waals surface area (Å²) in [6.45, 7) is 6.49. The SMILES string of the molecule is CN1CC=C[C@]2(C)O[C@]34C=CCN(CCN5CCOCC5)C(=O)C3N([C@@H](CO)Cc3ccccc3)C(=O)[C@@H]4[C@@H]2C1=O. The molecule has 41 heavy (non-hydrogen) atoms. The number of hydrogen-bond acceptors (Lipinski definition) is 7. The van der Waals surface area contributed by atoms with Crippen LogP contribution in [0.5, 0.6) is 0 Å². The molecule has 0 bridgehead atoms. The molecule has 3 saturated heterocycles. The van der Waals surface area contributed by atoms with Gasteiger partial charge in [0.1, 0.15) is 11.6 Å². The summed E-state index contributed by atoms with van der Waals surface area (Å²) in [5, 5.41) is 10.7. The Balaban J connectivity index is 1.40. The van der Waals surface area contributed by atoms with Crippen molar-refractivity contribution in [3.63, 3.8) is 0 Å². The first-order valence-electron chi connectivity index (χ1n) is 14.7. The van der Waals surface area contributed by atoms with Crippen LogP contribution in [-0.4, -0.2) is 132 Å². The van der Waals surface area contributed by atoms with Crippen LogP contribution in [-0.2, 0) is 30.3 Å². The van der Waals surface area contributed by atoms with Gasteiger partial charge in [-0.05, 0) is 18.9 Å². The molecule has 3 fully saturated rings. The first kappa shape index (κ1) is 28.1. The number of likely N-dealkylation sites (tertiary alicyclic amines) is 1. The van der Waals surface area contributed by atoms with Gasteiger partial charge in [-0.25, -0.2) is 0 Å². The van der Waals surface area contributed by atoms with E-state index in [9.17, 15) is 19.5 Å². The van der Waals surface area contributed by atoms with E-state index in [0.29, 0.717) is 45.8 Å². The van der Waals surface area contributed by atoms with E-state index in [1.807, 2.05) is 61.6 Å². The molecular formula is C31H40N4O6. The molecule has 5 heterocycles. The highest BCUT2D eigenvalue weighted by atomic mass is 16.5. The molecule has 3 amide bonds. The number of hydrogen-bond donors (Lipinski definition) is 1. The van der Waals surface area contributed by atoms with Crippen LogP contribution in [0.15, 0.2) is 54.6 Å². The third kappa shape index (κ3) is 4.70. The molecule has 5 aliphatic rings. The molecule has 0 aliphatic carbocycles. The molecule has 1 aromatic rings. The van der Waals surface area contributed by atoms with Crippen LogP contribution in [0.25, 0.3) is 0 Å². The summed E-state index contributed by atoms with van der Waals surface area (Å²) in [6, 6.07) is 7.99. The van der Waals surface area contributed by atoms with E-state index in [1.165, 1.54) is 0 Å². The third-order valence-corrected chi connectivity index (χ3v) is 9.49. The lowest BCUT2D eigenvalue weighted by Crippen LogP contribution is -2.59. The predicted octanol–water partition coefficient (Wildman–Crippen LogP) is 0.320. The Hall–Kier alpha value is -3.05. The average molecular weight is 565 g/mol. The van der Waals surface area contributed by atoms with E-state index in [-0.39, 0.29) is 24.3 Å². The highest BCUT2D eigenvalue weighted by Gasteiger charge is 2.75. The van der Waals surface area contributed by atoms with E-state index in [2.05, 4.69) is 4.90 Å². The zero-order chi connectivity index (χ0) is 28.8. The van der Waals surface area contributed by atoms with Crippen molar-refractivity contribution in [1.82, 2.24) is 19.6 Å². The smallest absolute Gasteiger partial charge is 0.249 e. The van der Waals surface area contributed by atoms with Gasteiger partial charge < -0.3 is 29.3 Å². The van der Waals surface area contributed by atoms with E-state index >= 15 is 0 Å². The molecule has 6 atom stereocenters. The lowest BCUT2D eigenvalue weighted by molar-refractivity contribution is -0.155. The van der Waals surface area contributed by atoms with Crippen LogP contribution in [0.2, 0.25) is 0 Å². The zero-order valence-corrected chi connectivity index (χ0v) is 23.9. The maximum atomic E-state index is 14.6. The van der Waals surface area contributed by atoms with Gasteiger partial charge in [-0.15, -0.1) is 0 Å². The molecule has 0 radical (unpaired) electrons. The molecular weight excluding hydrogens is 524 g/mol. The number of carbonyl (C=O) groups is 3. The van der Waals surface area contributed by atoms with Crippen LogP contribution >= 0.6 is 0 Å². The van der Waals surface area contributed by atoms with Crippen molar-refractivity contribution in [3.05, 3.63) is 60.2 Å². The molecule has 1 N–H and O–H groups in total. The normalized spacial score (nSPS) is 34.4. The summed E-state index contributed by atoms with van der Waals surface area (Å²) in [4.78, 5) is 50.2. The number of rotatable bonds is 7. The molecule has 10 nitrogen and oxygen atoms in total. The lowest BCUT2D eigenvalue weighted by Gasteiger charge is -2.40. The van der Waals surface area contributed by atoms with E-state index in [0.717, 1.165) is 18.7 Å². The van der Waals surface area contributed by atoms with Crippen LogP contribution in [0.3, 0.4) is 0 Å². The summed E-state index contributed by atoms with van der Waals surface area (Å²) in [5.41, 5.74) is -1.43. The molecule has 10 heteroatoms. The number of likely N-dealkylation sites (N-methyl/N-ethyl adjacent to an activating group) is 1. The molecule has 0 aromatic heterocycles. The second-order valence-electron chi connectivity index (χ2n) is 12.0. The van der Waals surface area contributed by atoms with Gasteiger partial charge in [0.2, 0.25) is 17.7 Å². The Morgan fingerprint density at radius 1 is 0.951 bits per heavy atom. The molecule has 1 spiro atoms. The summed E-state index contributed by atoms with van der Waals surface area (Å²) in [7, 11) is 1.73. The van der Waals surface area contributed by atoms with Crippen molar-refractivity contribution in [2.75, 3.05) is 66.1 Å². The van der Waals surface area contributed by atoms with Gasteiger partial charge >= 0.3 is 0 Å². The number of aliphatic hydroxyl groups is 1. The molecule has 220 valence electrons. The zero-order valence-electron chi connectivity index (χ0n) is 23.9. The van der Waals surface area contributed by atoms with E-state index in [1.54, 1.807) is 21.7 Å². The van der Waals surface area contributed by atoms with Gasteiger partial charge in [0.05, 0.1) is 43.3 Å². The number of nitrogens with zero attached hydrogens (tertiary/aromatic N) is 4. The molecule has 1 aromatic carbocycles. The van der Waals surface area contributed by atoms with Crippen LogP contribution < -0.4 is 0 Å². The van der Waals surface area contributed by atoms with Crippen molar-refractivity contribution >= 4 is 17.7 Å². The standard InChI is InChI=1S/C31H40N4O6/c1-30-10-6-12-32(2)27(37)24(30)25-28(38)35(23(21-36)20-22-8-4-3-5-9-22)26-29(39)34(13-7-11-31(25,26)41-30)15-14-33-16-18-40-19-17-33/h3-11,23-26,36H,12-21H2,1-2H3/t23-,24-,25+,26?,30+,31+/m1/s1. The second kappa shape index (κ2) is 11.0. The van der Waals surface area contributed by atoms with Crippen molar-refractivity contribution in [2.45, 2.75) is 36.6 Å². The average Bonchev–Trinajstić information content (AvgIpc) is 3.27. The van der Waals surface area contributed by atoms with Gasteiger partial charge in [-0.2, -0.15) is 0 Å². The Morgan fingerprint density at radius 3 is 2.41 bits per heavy atom. The number of ether oxygens (including phenoxy) is 2. The van der Waals surface area contributed by atoms with Crippen LogP contribution in [0, 0.1) is 11.8 Å². The number of aliphatic hydroxyl groups excluding tert-OH is 1. The van der Waals surface area contributed by atoms with Gasteiger partial charge in [-0.1, -0.05) is 54.6 Å². The predicted molar refractivity (Wildman–Crippen MR) is 151 cm³/mol. The molecule has 5 aliphatic heterocycles. The monoisotopic (exact) mass is 564 g/mol. The third-order valence-electron chi connectivity index (χ3n) is 9.49. The lowest BCUT2D eigenvalue weighted by atomic mass is 9.74. The van der Waals surface area contributed by atoms with Gasteiger partial charge in [-0.3, -0.25) is 19.3 Å². The first-order chi connectivity index (χ1) is 19.8. The fourth-order valence-corrected chi connectivity index (χ4v) is 7.45. The minimum atomic E-state index is -1.33. The minimum Gasteiger partial charge on any atom is -0.394 e. The van der Waals surface area contributed by atoms with E-state index in [4.69, 9.17) is 9.47 Å². The number of benzene rings is 1. The van der Waals surface area contributed by atoms with Crippen LogP contribution in [0.4, 0.5) is 0 Å². The minimum absolute atomic E-state index is 0.175. The van der Waals surface area contributed by atoms with E-state index < -0.39 is 35.1 Å². The topological polar surface area (TPSA) is 103 Å². The Bertz CT molecular complexity index is 1230. The maximum absolute atomic E-state index is 14.6. The quantitative estimate of drug-likeness (QED) is 0.476. The second-order valence-corrected chi connectivity index (χ2v) is 12.0. The summed E-state index contributed by atoms with van der Waals surface area (Å²) < 4.78 is 12.3. The largest absolute Gasteiger partial charge is 0.394 e. The fourth-order valence-electron chi connectivity index (χ4n) is 7.45. The highest BCUT2D eigenvalue weighted by Crippen LogP contribution is 2.57. The summed E-state index contributed by atoms with van der Waals surface area (Å²) in [5.74, 6) is -2.38. The van der Waals surface area contributed by atoms with Crippen molar-refractivity contribution in [3.8, 4) is 0 Å². The number of fused-ring (bicyclic) bond motifs is 2. The number of morpholine rings is 1. The number of carbonyl (C=O) groups excluding carboxylic acids is 3. The summed E-state index contributed by atoms with van der Waals surface area (Å²) >= 11 is 0. The van der Waals surface area contributed by atoms with Gasteiger partial charge in [0.15, 0.2) is 0 Å². The molecule has 1 unspecified atom stereocenters. The van der Waals surface area contributed by atoms with Gasteiger partial charge in [0.25, 0.3) is 0 Å². The Kier molecular flexibility index (Phi) is 7.52. The maximum Gasteiger partial charge on any atom is 0.249 e. The summed E-state index contributed by atoms with van der Waals surface area (Å²) in [6.07, 6.45) is 7.94. The number of amides is 3. The fraction of sp³-hybridized carbons (Fsp3) is 0.581. The van der Waals surface area contributed by atoms with Crippen molar-refractivity contribution in [2.24, 2.45) is 11.8 Å². The highest BCUT2D eigenvalue weighted by molar-refractivity contribution is 6.00. The first-order valence-corrected chi connectivity index (χ1v) is 14.7. The molecule has 6 rings (SSSR count). The van der Waals surface area contributed by atoms with Crippen LogP contribution in [0.1, 0.15) is 12.5 Å². The van der Waals surface area contributed by atoms with Crippen molar-refractivity contribution in [1.29, 1.82) is 0 Å². The van der Waals surface area contributed by atoms with Crippen molar-refractivity contribution < 1.29 is 29.0 Å².